The van der Waals surface area contributed by atoms with E-state index in [4.69, 9.17) is 16.4 Å². The zero-order valence-corrected chi connectivity index (χ0v) is 12.3. The van der Waals surface area contributed by atoms with Crippen LogP contribution in [0.5, 0.6) is 0 Å². The zero-order valence-electron chi connectivity index (χ0n) is 11.5. The maximum absolute atomic E-state index is 11.7. The Hall–Kier alpha value is -2.33. The molecule has 5 heteroatoms. The predicted molar refractivity (Wildman–Crippen MR) is 84.8 cm³/mol. The molecule has 0 aliphatic carbocycles. The van der Waals surface area contributed by atoms with E-state index in [1.165, 1.54) is 0 Å². The van der Waals surface area contributed by atoms with E-state index in [0.717, 1.165) is 11.1 Å². The molecule has 0 unspecified atom stereocenters. The molecule has 0 radical (unpaired) electrons. The largest absolute Gasteiger partial charge is 0.386 e. The first-order valence-electron chi connectivity index (χ1n) is 6.42. The molecule has 0 atom stereocenters. The average molecular weight is 303 g/mol. The fourth-order valence-electron chi connectivity index (χ4n) is 1.67. The second-order valence-corrected chi connectivity index (χ2v) is 4.80. The first-order valence-corrected chi connectivity index (χ1v) is 6.80. The van der Waals surface area contributed by atoms with Gasteiger partial charge in [-0.05, 0) is 30.2 Å². The van der Waals surface area contributed by atoms with Crippen LogP contribution in [0.1, 0.15) is 11.1 Å². The number of hydrogen-bond acceptors (Lipinski definition) is 3. The van der Waals surface area contributed by atoms with Crippen LogP contribution in [-0.4, -0.2) is 18.7 Å². The molecular weight excluding hydrogens is 288 g/mol. The molecule has 2 aromatic carbocycles. The molecule has 2 aromatic rings. The first-order chi connectivity index (χ1) is 10.2. The van der Waals surface area contributed by atoms with Gasteiger partial charge in [0.05, 0.1) is 16.9 Å². The molecule has 0 saturated carbocycles. The van der Waals surface area contributed by atoms with Crippen molar-refractivity contribution < 1.29 is 9.63 Å². The number of nitrogens with one attached hydrogen (secondary N) is 1. The van der Waals surface area contributed by atoms with Crippen LogP contribution in [0.4, 0.5) is 5.69 Å². The Bertz CT molecular complexity index is 656. The van der Waals surface area contributed by atoms with E-state index in [1.54, 1.807) is 30.5 Å². The number of anilines is 1. The van der Waals surface area contributed by atoms with Crippen molar-refractivity contribution in [1.29, 1.82) is 0 Å². The predicted octanol–water partition coefficient (Wildman–Crippen LogP) is 3.64. The fourth-order valence-corrected chi connectivity index (χ4v) is 1.85. The molecule has 1 N–H and O–H groups in total. The summed E-state index contributed by atoms with van der Waals surface area (Å²) in [5, 5.41) is 6.92. The van der Waals surface area contributed by atoms with Gasteiger partial charge in [0.2, 0.25) is 0 Å². The van der Waals surface area contributed by atoms with E-state index in [2.05, 4.69) is 10.5 Å². The van der Waals surface area contributed by atoms with Crippen LogP contribution in [0, 0.1) is 6.92 Å². The lowest BCUT2D eigenvalue weighted by atomic mass is 10.1. The van der Waals surface area contributed by atoms with Gasteiger partial charge in [0.1, 0.15) is 0 Å². The molecular formula is C16H15ClN2O2. The first kappa shape index (κ1) is 15.1. The number of carbonyl (C=O) groups is 1. The number of para-hydroxylation sites is 1. The Morgan fingerprint density at radius 2 is 1.95 bits per heavy atom. The summed E-state index contributed by atoms with van der Waals surface area (Å²) < 4.78 is 0. The lowest BCUT2D eigenvalue weighted by molar-refractivity contribution is -0.120. The molecule has 0 spiro atoms. The van der Waals surface area contributed by atoms with Crippen LogP contribution >= 0.6 is 11.6 Å². The maximum atomic E-state index is 11.7. The zero-order chi connectivity index (χ0) is 15.1. The van der Waals surface area contributed by atoms with E-state index in [9.17, 15) is 4.79 Å². The van der Waals surface area contributed by atoms with Crippen molar-refractivity contribution in [3.63, 3.8) is 0 Å². The average Bonchev–Trinajstić information content (AvgIpc) is 2.48. The molecule has 0 aromatic heterocycles. The minimum absolute atomic E-state index is 0.173. The molecule has 2 rings (SSSR count). The third-order valence-corrected chi connectivity index (χ3v) is 3.13. The van der Waals surface area contributed by atoms with Crippen LogP contribution in [0.15, 0.2) is 53.7 Å². The van der Waals surface area contributed by atoms with Gasteiger partial charge in [-0.1, -0.05) is 53.2 Å². The fraction of sp³-hybridized carbons (Fsp3) is 0.125. The number of oxime groups is 1. The van der Waals surface area contributed by atoms with E-state index < -0.39 is 0 Å². The SMILES string of the molecule is Cc1ccccc1/C=N\OCC(=O)Nc1ccccc1Cl. The Balaban J connectivity index is 1.82. The Kier molecular flexibility index (Phi) is 5.35. The van der Waals surface area contributed by atoms with Gasteiger partial charge in [0.15, 0.2) is 6.61 Å². The normalized spacial score (nSPS) is 10.6. The highest BCUT2D eigenvalue weighted by Gasteiger charge is 2.05. The van der Waals surface area contributed by atoms with E-state index in [-0.39, 0.29) is 12.5 Å². The number of rotatable bonds is 5. The molecule has 21 heavy (non-hydrogen) atoms. The number of nitrogens with zero attached hydrogens (tertiary/aromatic N) is 1. The van der Waals surface area contributed by atoms with Crippen molar-refractivity contribution >= 4 is 29.4 Å². The lowest BCUT2D eigenvalue weighted by Gasteiger charge is -2.05. The number of carbonyl (C=O) groups excluding carboxylic acids is 1. The van der Waals surface area contributed by atoms with Crippen molar-refractivity contribution in [2.45, 2.75) is 6.92 Å². The second-order valence-electron chi connectivity index (χ2n) is 4.39. The van der Waals surface area contributed by atoms with E-state index in [0.29, 0.717) is 10.7 Å². The van der Waals surface area contributed by atoms with Crippen LogP contribution in [0.25, 0.3) is 0 Å². The minimum Gasteiger partial charge on any atom is -0.386 e. The number of amides is 1. The summed E-state index contributed by atoms with van der Waals surface area (Å²) in [7, 11) is 0. The van der Waals surface area contributed by atoms with Crippen molar-refractivity contribution in [2.24, 2.45) is 5.16 Å². The molecule has 0 saturated heterocycles. The third-order valence-electron chi connectivity index (χ3n) is 2.80. The summed E-state index contributed by atoms with van der Waals surface area (Å²) >= 11 is 5.94. The highest BCUT2D eigenvalue weighted by Crippen LogP contribution is 2.20. The van der Waals surface area contributed by atoms with Gasteiger partial charge in [-0.2, -0.15) is 0 Å². The van der Waals surface area contributed by atoms with Gasteiger partial charge in [0, 0.05) is 0 Å². The topological polar surface area (TPSA) is 50.7 Å². The van der Waals surface area contributed by atoms with Crippen LogP contribution < -0.4 is 5.32 Å². The standard InChI is InChI=1S/C16H15ClN2O2/c1-12-6-2-3-7-13(12)10-18-21-11-16(20)19-15-9-5-4-8-14(15)17/h2-10H,11H2,1H3,(H,19,20)/b18-10-. The van der Waals surface area contributed by atoms with Crippen LogP contribution in [-0.2, 0) is 9.63 Å². The molecule has 4 nitrogen and oxygen atoms in total. The number of hydrogen-bond donors (Lipinski definition) is 1. The number of halogens is 1. The lowest BCUT2D eigenvalue weighted by Crippen LogP contribution is -2.17. The summed E-state index contributed by atoms with van der Waals surface area (Å²) in [5.41, 5.74) is 2.59. The second kappa shape index (κ2) is 7.45. The third kappa shape index (κ3) is 4.61. The molecule has 1 amide bonds. The van der Waals surface area contributed by atoms with Gasteiger partial charge in [-0.25, -0.2) is 0 Å². The monoisotopic (exact) mass is 302 g/mol. The Labute approximate surface area is 128 Å². The molecule has 0 aliphatic heterocycles. The summed E-state index contributed by atoms with van der Waals surface area (Å²) in [6.07, 6.45) is 1.58. The van der Waals surface area contributed by atoms with Gasteiger partial charge in [0.25, 0.3) is 5.91 Å². The highest BCUT2D eigenvalue weighted by atomic mass is 35.5. The molecule has 0 bridgehead atoms. The van der Waals surface area contributed by atoms with Crippen molar-refractivity contribution in [1.82, 2.24) is 0 Å². The van der Waals surface area contributed by atoms with Crippen molar-refractivity contribution in [3.05, 3.63) is 64.7 Å². The quantitative estimate of drug-likeness (QED) is 0.677. The highest BCUT2D eigenvalue weighted by molar-refractivity contribution is 6.33. The molecule has 0 heterocycles. The Morgan fingerprint density at radius 3 is 2.71 bits per heavy atom. The molecule has 0 aliphatic rings. The summed E-state index contributed by atoms with van der Waals surface area (Å²) in [6.45, 7) is 1.80. The minimum atomic E-state index is -0.315. The van der Waals surface area contributed by atoms with Crippen LogP contribution in [0.3, 0.4) is 0 Å². The summed E-state index contributed by atoms with van der Waals surface area (Å²) in [4.78, 5) is 16.7. The number of benzene rings is 2. The summed E-state index contributed by atoms with van der Waals surface area (Å²) in [6, 6.07) is 14.8. The smallest absolute Gasteiger partial charge is 0.265 e. The molecule has 108 valence electrons. The van der Waals surface area contributed by atoms with E-state index in [1.807, 2.05) is 31.2 Å². The van der Waals surface area contributed by atoms with E-state index >= 15 is 0 Å². The van der Waals surface area contributed by atoms with Gasteiger partial charge in [-0.15, -0.1) is 0 Å². The van der Waals surface area contributed by atoms with Crippen molar-refractivity contribution in [2.75, 3.05) is 11.9 Å². The number of aryl methyl sites for hydroxylation is 1. The Morgan fingerprint density at radius 1 is 1.24 bits per heavy atom. The van der Waals surface area contributed by atoms with Gasteiger partial charge < -0.3 is 10.2 Å². The van der Waals surface area contributed by atoms with Gasteiger partial charge in [-0.3, -0.25) is 4.79 Å². The van der Waals surface area contributed by atoms with Crippen LogP contribution in [0.2, 0.25) is 5.02 Å². The summed E-state index contributed by atoms with van der Waals surface area (Å²) in [5.74, 6) is -0.315. The van der Waals surface area contributed by atoms with Crippen molar-refractivity contribution in [3.8, 4) is 0 Å². The van der Waals surface area contributed by atoms with Gasteiger partial charge >= 0.3 is 0 Å². The molecule has 0 fully saturated rings. The maximum Gasteiger partial charge on any atom is 0.265 e.